The van der Waals surface area contributed by atoms with Crippen LogP contribution in [0.2, 0.25) is 0 Å². The Bertz CT molecular complexity index is 691. The maximum atomic E-state index is 13.9. The van der Waals surface area contributed by atoms with Crippen molar-refractivity contribution in [3.05, 3.63) is 59.9 Å². The molecule has 1 aliphatic heterocycles. The van der Waals surface area contributed by atoms with E-state index in [1.807, 2.05) is 31.3 Å². The molecular formula is C20H25FN2O. The van der Waals surface area contributed by atoms with Crippen molar-refractivity contribution >= 4 is 5.69 Å². The lowest BCUT2D eigenvalue weighted by Gasteiger charge is -2.43. The van der Waals surface area contributed by atoms with E-state index < -0.39 is 0 Å². The van der Waals surface area contributed by atoms with E-state index in [1.165, 1.54) is 6.07 Å². The molecule has 0 fully saturated rings. The van der Waals surface area contributed by atoms with Crippen LogP contribution < -0.4 is 15.0 Å². The van der Waals surface area contributed by atoms with E-state index in [1.54, 1.807) is 12.1 Å². The maximum absolute atomic E-state index is 13.9. The van der Waals surface area contributed by atoms with Crippen LogP contribution in [0.5, 0.6) is 5.75 Å². The van der Waals surface area contributed by atoms with Gasteiger partial charge in [0.25, 0.3) is 0 Å². The number of para-hydroxylation sites is 2. The summed E-state index contributed by atoms with van der Waals surface area (Å²) in [5.74, 6) is 1.02. The summed E-state index contributed by atoms with van der Waals surface area (Å²) in [4.78, 5) is 2.36. The molecule has 2 aromatic rings. The summed E-state index contributed by atoms with van der Waals surface area (Å²) in [6.07, 6.45) is 0.0951. The van der Waals surface area contributed by atoms with Gasteiger partial charge in [-0.3, -0.25) is 0 Å². The number of rotatable bonds is 5. The van der Waals surface area contributed by atoms with Crippen molar-refractivity contribution in [1.29, 1.82) is 0 Å². The Morgan fingerprint density at radius 3 is 2.79 bits per heavy atom. The van der Waals surface area contributed by atoms with Crippen LogP contribution in [0.4, 0.5) is 10.1 Å². The van der Waals surface area contributed by atoms with Gasteiger partial charge in [-0.2, -0.15) is 0 Å². The number of hydrogen-bond acceptors (Lipinski definition) is 3. The van der Waals surface area contributed by atoms with Gasteiger partial charge < -0.3 is 15.0 Å². The normalized spacial score (nSPS) is 19.3. The van der Waals surface area contributed by atoms with E-state index in [-0.39, 0.29) is 18.0 Å². The van der Waals surface area contributed by atoms with Gasteiger partial charge in [0.2, 0.25) is 0 Å². The van der Waals surface area contributed by atoms with E-state index >= 15 is 0 Å². The zero-order valence-corrected chi connectivity index (χ0v) is 14.5. The van der Waals surface area contributed by atoms with Gasteiger partial charge in [0.15, 0.2) is 0 Å². The first-order valence-electron chi connectivity index (χ1n) is 8.52. The number of hydrogen-bond donors (Lipinski definition) is 1. The van der Waals surface area contributed by atoms with Crippen LogP contribution in [-0.2, 0) is 0 Å². The molecule has 3 nitrogen and oxygen atoms in total. The predicted octanol–water partition coefficient (Wildman–Crippen LogP) is 4.01. The van der Waals surface area contributed by atoms with E-state index in [0.29, 0.717) is 5.92 Å². The number of fused-ring (bicyclic) bond motifs is 1. The molecule has 1 unspecified atom stereocenters. The molecule has 2 aromatic carbocycles. The van der Waals surface area contributed by atoms with Gasteiger partial charge in [-0.1, -0.05) is 31.2 Å². The Hall–Kier alpha value is -2.07. The quantitative estimate of drug-likeness (QED) is 0.897. The summed E-state index contributed by atoms with van der Waals surface area (Å²) >= 11 is 0. The van der Waals surface area contributed by atoms with Crippen molar-refractivity contribution in [3.63, 3.8) is 0 Å². The fourth-order valence-corrected chi connectivity index (χ4v) is 3.63. The van der Waals surface area contributed by atoms with E-state index in [9.17, 15) is 4.39 Å². The van der Waals surface area contributed by atoms with Gasteiger partial charge in [-0.25, -0.2) is 4.39 Å². The third-order valence-electron chi connectivity index (χ3n) is 4.55. The first kappa shape index (κ1) is 16.8. The van der Waals surface area contributed by atoms with Gasteiger partial charge >= 0.3 is 0 Å². The van der Waals surface area contributed by atoms with Crippen LogP contribution in [0.1, 0.15) is 25.5 Å². The second-order valence-electron chi connectivity index (χ2n) is 6.58. The first-order chi connectivity index (χ1) is 11.6. The van der Waals surface area contributed by atoms with Crippen LogP contribution in [0.25, 0.3) is 0 Å². The molecule has 0 bridgehead atoms. The minimum absolute atomic E-state index is 0.0839. The molecule has 0 amide bonds. The van der Waals surface area contributed by atoms with E-state index in [4.69, 9.17) is 4.74 Å². The molecular weight excluding hydrogens is 303 g/mol. The predicted molar refractivity (Wildman–Crippen MR) is 96.1 cm³/mol. The monoisotopic (exact) mass is 328 g/mol. The molecule has 0 saturated carbocycles. The summed E-state index contributed by atoms with van der Waals surface area (Å²) in [7, 11) is 1.95. The van der Waals surface area contributed by atoms with Crippen molar-refractivity contribution in [3.8, 4) is 5.75 Å². The molecule has 24 heavy (non-hydrogen) atoms. The average Bonchev–Trinajstić information content (AvgIpc) is 2.55. The van der Waals surface area contributed by atoms with E-state index in [0.717, 1.165) is 30.1 Å². The molecule has 0 aromatic heterocycles. The largest absolute Gasteiger partial charge is 0.487 e. The number of ether oxygens (including phenoxy) is 1. The minimum atomic E-state index is -0.191. The van der Waals surface area contributed by atoms with Crippen molar-refractivity contribution in [2.24, 2.45) is 5.92 Å². The Labute approximate surface area is 143 Å². The molecule has 0 saturated heterocycles. The van der Waals surface area contributed by atoms with Crippen LogP contribution in [0.3, 0.4) is 0 Å². The van der Waals surface area contributed by atoms with Crippen LogP contribution in [-0.4, -0.2) is 26.2 Å². The number of anilines is 1. The highest BCUT2D eigenvalue weighted by Gasteiger charge is 2.32. The molecule has 1 heterocycles. The summed E-state index contributed by atoms with van der Waals surface area (Å²) in [6, 6.07) is 15.1. The molecule has 1 N–H and O–H groups in total. The summed E-state index contributed by atoms with van der Waals surface area (Å²) in [5.41, 5.74) is 2.08. The van der Waals surface area contributed by atoms with E-state index in [2.05, 4.69) is 30.1 Å². The van der Waals surface area contributed by atoms with Crippen molar-refractivity contribution < 1.29 is 9.13 Å². The third-order valence-corrected chi connectivity index (χ3v) is 4.55. The lowest BCUT2D eigenvalue weighted by molar-refractivity contribution is 0.202. The molecule has 4 heteroatoms. The van der Waals surface area contributed by atoms with Gasteiger partial charge in [0, 0.05) is 0 Å². The zero-order chi connectivity index (χ0) is 17.1. The number of halogens is 1. The number of nitrogens with one attached hydrogen (secondary N) is 1. The molecule has 0 spiro atoms. The second kappa shape index (κ2) is 7.22. The van der Waals surface area contributed by atoms with Gasteiger partial charge in [0.1, 0.15) is 17.7 Å². The summed E-state index contributed by atoms with van der Waals surface area (Å²) in [6.45, 7) is 5.92. The van der Waals surface area contributed by atoms with Crippen molar-refractivity contribution in [2.45, 2.75) is 26.0 Å². The van der Waals surface area contributed by atoms with Crippen LogP contribution >= 0.6 is 0 Å². The standard InChI is InChI=1S/C20H25FN2O/c1-14(12-22-3)20(16-7-6-8-17(21)11-16)23-13-15(2)24-19-10-5-4-9-18(19)23/h4-11,14-15,20,22H,12-13H2,1-3H3/t14-,15?,20-/m1/s1. The SMILES string of the molecule is CNC[C@@H](C)[C@H](c1cccc(F)c1)N1CC(C)Oc2ccccc21. The van der Waals surface area contributed by atoms with Crippen LogP contribution in [0.15, 0.2) is 48.5 Å². The topological polar surface area (TPSA) is 24.5 Å². The molecule has 1 aliphatic rings. The molecule has 0 radical (unpaired) electrons. The highest BCUT2D eigenvalue weighted by Crippen LogP contribution is 2.41. The molecule has 128 valence electrons. The zero-order valence-electron chi connectivity index (χ0n) is 14.5. The highest BCUT2D eigenvalue weighted by atomic mass is 19.1. The van der Waals surface area contributed by atoms with Gasteiger partial charge in [-0.15, -0.1) is 0 Å². The third kappa shape index (κ3) is 3.39. The fraction of sp³-hybridized carbons (Fsp3) is 0.400. The minimum Gasteiger partial charge on any atom is -0.487 e. The van der Waals surface area contributed by atoms with Gasteiger partial charge in [-0.05, 0) is 56.3 Å². The van der Waals surface area contributed by atoms with Crippen molar-refractivity contribution in [1.82, 2.24) is 5.32 Å². The summed E-state index contributed by atoms with van der Waals surface area (Å²) in [5, 5.41) is 3.25. The number of nitrogens with zero attached hydrogens (tertiary/aromatic N) is 1. The van der Waals surface area contributed by atoms with Crippen molar-refractivity contribution in [2.75, 3.05) is 25.0 Å². The lowest BCUT2D eigenvalue weighted by atomic mass is 9.91. The maximum Gasteiger partial charge on any atom is 0.143 e. The Morgan fingerprint density at radius 1 is 1.25 bits per heavy atom. The highest BCUT2D eigenvalue weighted by molar-refractivity contribution is 5.61. The second-order valence-corrected chi connectivity index (χ2v) is 6.58. The Balaban J connectivity index is 2.05. The summed E-state index contributed by atoms with van der Waals surface area (Å²) < 4.78 is 19.8. The Kier molecular flexibility index (Phi) is 5.05. The molecule has 3 atom stereocenters. The number of benzene rings is 2. The molecule has 0 aliphatic carbocycles. The van der Waals surface area contributed by atoms with Crippen LogP contribution in [0, 0.1) is 11.7 Å². The first-order valence-corrected chi connectivity index (χ1v) is 8.52. The molecule has 3 rings (SSSR count). The Morgan fingerprint density at radius 2 is 2.04 bits per heavy atom. The van der Waals surface area contributed by atoms with Gasteiger partial charge in [0.05, 0.1) is 18.3 Å². The lowest BCUT2D eigenvalue weighted by Crippen LogP contribution is -2.44. The smallest absolute Gasteiger partial charge is 0.143 e. The average molecular weight is 328 g/mol. The fourth-order valence-electron chi connectivity index (χ4n) is 3.63.